The molecule has 0 saturated carbocycles. The lowest BCUT2D eigenvalue weighted by Crippen LogP contribution is -2.49. The summed E-state index contributed by atoms with van der Waals surface area (Å²) in [4.78, 5) is 24.6. The van der Waals surface area contributed by atoms with E-state index >= 15 is 0 Å². The molecule has 2 heterocycles. The van der Waals surface area contributed by atoms with Crippen LogP contribution in [0, 0.1) is 0 Å². The number of anilines is 1. The average molecular weight is 426 g/mol. The van der Waals surface area contributed by atoms with Crippen LogP contribution in [0.3, 0.4) is 0 Å². The molecule has 6 nitrogen and oxygen atoms in total. The number of piperazine rings is 1. The molecule has 31 heavy (non-hydrogen) atoms. The van der Waals surface area contributed by atoms with E-state index in [0.717, 1.165) is 16.7 Å². The maximum Gasteiger partial charge on any atom is 0.297 e. The van der Waals surface area contributed by atoms with Crippen LogP contribution in [0.2, 0.25) is 0 Å². The van der Waals surface area contributed by atoms with E-state index in [1.54, 1.807) is 19.2 Å². The van der Waals surface area contributed by atoms with Crippen molar-refractivity contribution < 1.29 is 18.3 Å². The Morgan fingerprint density at radius 3 is 2.42 bits per heavy atom. The third kappa shape index (κ3) is 4.73. The number of aryl methyl sites for hydroxylation is 1. The van der Waals surface area contributed by atoms with Crippen LogP contribution in [0.5, 0.6) is 5.75 Å². The molecule has 1 saturated heterocycles. The Bertz CT molecular complexity index is 1050. The zero-order valence-corrected chi connectivity index (χ0v) is 17.3. The average Bonchev–Trinajstić information content (AvgIpc) is 2.82. The van der Waals surface area contributed by atoms with Crippen LogP contribution in [0.25, 0.3) is 10.9 Å². The minimum atomic E-state index is -2.73. The molecule has 0 radical (unpaired) electrons. The van der Waals surface area contributed by atoms with Crippen molar-refractivity contribution in [1.29, 1.82) is 0 Å². The van der Waals surface area contributed by atoms with Crippen molar-refractivity contribution >= 4 is 22.6 Å². The van der Waals surface area contributed by atoms with Crippen molar-refractivity contribution in [2.75, 3.05) is 38.2 Å². The summed E-state index contributed by atoms with van der Waals surface area (Å²) < 4.78 is 31.7. The van der Waals surface area contributed by atoms with E-state index in [9.17, 15) is 13.6 Å². The number of para-hydroxylation sites is 1. The Labute approximate surface area is 179 Å². The summed E-state index contributed by atoms with van der Waals surface area (Å²) in [5.74, 6) is 0.924. The van der Waals surface area contributed by atoms with Gasteiger partial charge < -0.3 is 14.5 Å². The largest absolute Gasteiger partial charge is 0.497 e. The van der Waals surface area contributed by atoms with Crippen LogP contribution in [-0.4, -0.2) is 54.1 Å². The molecule has 1 fully saturated rings. The normalized spacial score (nSPS) is 14.3. The Morgan fingerprint density at radius 2 is 1.74 bits per heavy atom. The number of amides is 1. The summed E-state index contributed by atoms with van der Waals surface area (Å²) in [5.41, 5.74) is 1.58. The first-order valence-corrected chi connectivity index (χ1v) is 10.3. The number of hydrogen-bond acceptors (Lipinski definition) is 5. The molecule has 1 aliphatic rings. The molecule has 4 rings (SSSR count). The van der Waals surface area contributed by atoms with Crippen molar-refractivity contribution in [3.05, 3.63) is 59.9 Å². The second-order valence-corrected chi connectivity index (χ2v) is 7.44. The fourth-order valence-electron chi connectivity index (χ4n) is 3.79. The van der Waals surface area contributed by atoms with Gasteiger partial charge in [-0.05, 0) is 36.2 Å². The number of carbonyl (C=O) groups excluding carboxylic acids is 1. The molecule has 1 aromatic heterocycles. The highest BCUT2D eigenvalue weighted by Crippen LogP contribution is 2.28. The zero-order chi connectivity index (χ0) is 21.8. The van der Waals surface area contributed by atoms with E-state index in [-0.39, 0.29) is 5.91 Å². The molecular weight excluding hydrogens is 402 g/mol. The molecule has 0 unspecified atom stereocenters. The lowest BCUT2D eigenvalue weighted by atomic mass is 10.1. The van der Waals surface area contributed by atoms with Gasteiger partial charge in [0.05, 0.1) is 12.6 Å². The first-order valence-electron chi connectivity index (χ1n) is 10.3. The van der Waals surface area contributed by atoms with Gasteiger partial charge in [0.1, 0.15) is 11.6 Å². The van der Waals surface area contributed by atoms with Crippen molar-refractivity contribution in [3.63, 3.8) is 0 Å². The third-order valence-corrected chi connectivity index (χ3v) is 5.51. The zero-order valence-electron chi connectivity index (χ0n) is 17.3. The van der Waals surface area contributed by atoms with Gasteiger partial charge in [0.2, 0.25) is 5.91 Å². The molecule has 3 aromatic rings. The number of hydrogen-bond donors (Lipinski definition) is 0. The summed E-state index contributed by atoms with van der Waals surface area (Å²) >= 11 is 0. The quantitative estimate of drug-likeness (QED) is 0.599. The molecular formula is C23H24F2N4O2. The predicted octanol–water partition coefficient (Wildman–Crippen LogP) is 3.86. The maximum atomic E-state index is 13.3. The molecule has 0 atom stereocenters. The highest BCUT2D eigenvalue weighted by molar-refractivity contribution is 5.89. The second kappa shape index (κ2) is 9.24. The molecule has 0 N–H and O–H groups in total. The SMILES string of the molecule is COc1ccc(CCC(=O)N2CCN(c3nc(C(F)F)nc4ccccc34)CC2)cc1. The minimum Gasteiger partial charge on any atom is -0.497 e. The van der Waals surface area contributed by atoms with Gasteiger partial charge in [-0.1, -0.05) is 24.3 Å². The van der Waals surface area contributed by atoms with E-state index < -0.39 is 12.2 Å². The van der Waals surface area contributed by atoms with Gasteiger partial charge in [0.15, 0.2) is 5.82 Å². The number of ether oxygens (including phenoxy) is 1. The molecule has 0 spiro atoms. The first-order chi connectivity index (χ1) is 15.0. The number of halogens is 2. The number of methoxy groups -OCH3 is 1. The fourth-order valence-corrected chi connectivity index (χ4v) is 3.79. The Kier molecular flexibility index (Phi) is 6.25. The van der Waals surface area contributed by atoms with Crippen molar-refractivity contribution in [2.45, 2.75) is 19.3 Å². The summed E-state index contributed by atoms with van der Waals surface area (Å²) in [5, 5.41) is 0.742. The van der Waals surface area contributed by atoms with Crippen molar-refractivity contribution in [2.24, 2.45) is 0 Å². The van der Waals surface area contributed by atoms with Gasteiger partial charge >= 0.3 is 0 Å². The summed E-state index contributed by atoms with van der Waals surface area (Å²) in [6.45, 7) is 2.14. The van der Waals surface area contributed by atoms with Gasteiger partial charge in [-0.2, -0.15) is 0 Å². The molecule has 0 bridgehead atoms. The number of alkyl halides is 2. The number of benzene rings is 2. The van der Waals surface area contributed by atoms with E-state index in [1.165, 1.54) is 0 Å². The lowest BCUT2D eigenvalue weighted by Gasteiger charge is -2.36. The number of carbonyl (C=O) groups is 1. The van der Waals surface area contributed by atoms with Crippen LogP contribution in [-0.2, 0) is 11.2 Å². The molecule has 162 valence electrons. The first kappa shape index (κ1) is 21.0. The van der Waals surface area contributed by atoms with E-state index in [2.05, 4.69) is 9.97 Å². The van der Waals surface area contributed by atoms with Crippen LogP contribution in [0.1, 0.15) is 24.2 Å². The fraction of sp³-hybridized carbons (Fsp3) is 0.348. The smallest absolute Gasteiger partial charge is 0.297 e. The number of rotatable bonds is 6. The minimum absolute atomic E-state index is 0.0938. The van der Waals surface area contributed by atoms with E-state index in [4.69, 9.17) is 4.74 Å². The Hall–Kier alpha value is -3.29. The van der Waals surface area contributed by atoms with Crippen LogP contribution >= 0.6 is 0 Å². The van der Waals surface area contributed by atoms with Gasteiger partial charge in [0, 0.05) is 38.0 Å². The number of aromatic nitrogens is 2. The standard InChI is InChI=1S/C23H24F2N4O2/c1-31-17-9-6-16(7-10-17)8-11-20(30)28-12-14-29(15-13-28)23-18-4-2-3-5-19(18)26-22(27-23)21(24)25/h2-7,9-10,21H,8,11-15H2,1H3. The van der Waals surface area contributed by atoms with Gasteiger partial charge in [-0.25, -0.2) is 18.7 Å². The number of fused-ring (bicyclic) bond motifs is 1. The van der Waals surface area contributed by atoms with Crippen molar-refractivity contribution in [1.82, 2.24) is 14.9 Å². The highest BCUT2D eigenvalue weighted by Gasteiger charge is 2.24. The van der Waals surface area contributed by atoms with Gasteiger partial charge in [0.25, 0.3) is 6.43 Å². The molecule has 0 aliphatic carbocycles. The van der Waals surface area contributed by atoms with Crippen molar-refractivity contribution in [3.8, 4) is 5.75 Å². The summed E-state index contributed by atoms with van der Waals surface area (Å²) in [6.07, 6.45) is -1.64. The second-order valence-electron chi connectivity index (χ2n) is 7.44. The predicted molar refractivity (Wildman–Crippen MR) is 115 cm³/mol. The summed E-state index contributed by atoms with van der Waals surface area (Å²) in [7, 11) is 1.62. The third-order valence-electron chi connectivity index (χ3n) is 5.51. The van der Waals surface area contributed by atoms with Crippen LogP contribution in [0.15, 0.2) is 48.5 Å². The highest BCUT2D eigenvalue weighted by atomic mass is 19.3. The van der Waals surface area contributed by atoms with E-state index in [1.807, 2.05) is 46.2 Å². The molecule has 8 heteroatoms. The number of nitrogens with zero attached hydrogens (tertiary/aromatic N) is 4. The molecule has 2 aromatic carbocycles. The Morgan fingerprint density at radius 1 is 1.03 bits per heavy atom. The Balaban J connectivity index is 1.39. The lowest BCUT2D eigenvalue weighted by molar-refractivity contribution is -0.131. The monoisotopic (exact) mass is 426 g/mol. The van der Waals surface area contributed by atoms with Gasteiger partial charge in [-0.3, -0.25) is 4.79 Å². The van der Waals surface area contributed by atoms with E-state index in [0.29, 0.717) is 50.4 Å². The van der Waals surface area contributed by atoms with Gasteiger partial charge in [-0.15, -0.1) is 0 Å². The maximum absolute atomic E-state index is 13.3. The summed E-state index contributed by atoms with van der Waals surface area (Å²) in [6, 6.07) is 14.9. The molecule has 1 aliphatic heterocycles. The topological polar surface area (TPSA) is 58.6 Å². The van der Waals surface area contributed by atoms with Crippen LogP contribution in [0.4, 0.5) is 14.6 Å². The van der Waals surface area contributed by atoms with Crippen LogP contribution < -0.4 is 9.64 Å². The molecule has 1 amide bonds.